The van der Waals surface area contributed by atoms with Crippen molar-refractivity contribution < 1.29 is 8.42 Å². The van der Waals surface area contributed by atoms with E-state index in [2.05, 4.69) is 26.1 Å². The smallest absolute Gasteiger partial charge is 0.151 e. The Kier molecular flexibility index (Phi) is 3.08. The summed E-state index contributed by atoms with van der Waals surface area (Å²) in [5.74, 6) is 1.52. The molecule has 0 bridgehead atoms. The Morgan fingerprint density at radius 3 is 2.19 bits per heavy atom. The van der Waals surface area contributed by atoms with E-state index in [1.54, 1.807) is 0 Å². The first-order valence-electron chi connectivity index (χ1n) is 6.23. The molecule has 0 aromatic rings. The highest BCUT2D eigenvalue weighted by molar-refractivity contribution is 7.91. The Hall–Kier alpha value is -0.0900. The highest BCUT2D eigenvalue weighted by Crippen LogP contribution is 2.41. The van der Waals surface area contributed by atoms with Crippen molar-refractivity contribution >= 4 is 9.84 Å². The zero-order valence-corrected chi connectivity index (χ0v) is 11.3. The molecule has 1 heterocycles. The second-order valence-electron chi connectivity index (χ2n) is 6.50. The molecule has 0 spiro atoms. The van der Waals surface area contributed by atoms with Crippen LogP contribution in [0.1, 0.15) is 40.0 Å². The molecule has 1 aliphatic carbocycles. The van der Waals surface area contributed by atoms with Gasteiger partial charge >= 0.3 is 0 Å². The third-order valence-electron chi connectivity index (χ3n) is 4.07. The zero-order chi connectivity index (χ0) is 12.0. The van der Waals surface area contributed by atoms with Crippen molar-refractivity contribution in [1.82, 2.24) is 5.32 Å². The fourth-order valence-corrected chi connectivity index (χ4v) is 4.41. The highest BCUT2D eigenvalue weighted by Gasteiger charge is 2.39. The molecule has 94 valence electrons. The summed E-state index contributed by atoms with van der Waals surface area (Å²) in [7, 11) is -2.73. The van der Waals surface area contributed by atoms with Gasteiger partial charge in [-0.3, -0.25) is 0 Å². The molecule has 0 amide bonds. The van der Waals surface area contributed by atoms with Gasteiger partial charge in [0.2, 0.25) is 0 Å². The van der Waals surface area contributed by atoms with E-state index in [0.29, 0.717) is 23.0 Å². The minimum atomic E-state index is -2.73. The van der Waals surface area contributed by atoms with Crippen LogP contribution in [0.25, 0.3) is 0 Å². The van der Waals surface area contributed by atoms with Crippen LogP contribution in [-0.2, 0) is 9.84 Å². The minimum Gasteiger partial charge on any atom is -0.310 e. The number of hydrogen-bond acceptors (Lipinski definition) is 3. The van der Waals surface area contributed by atoms with Gasteiger partial charge in [0.15, 0.2) is 9.84 Å². The van der Waals surface area contributed by atoms with Crippen molar-refractivity contribution in [2.75, 3.05) is 11.5 Å². The number of sulfone groups is 1. The topological polar surface area (TPSA) is 46.2 Å². The first-order chi connectivity index (χ1) is 7.26. The van der Waals surface area contributed by atoms with Crippen molar-refractivity contribution in [2.45, 2.75) is 52.1 Å². The van der Waals surface area contributed by atoms with Crippen LogP contribution in [0.4, 0.5) is 0 Å². The summed E-state index contributed by atoms with van der Waals surface area (Å²) in [6.45, 7) is 6.86. The molecule has 2 aliphatic rings. The second-order valence-corrected chi connectivity index (χ2v) is 8.73. The van der Waals surface area contributed by atoms with Crippen LogP contribution in [0.5, 0.6) is 0 Å². The van der Waals surface area contributed by atoms with E-state index in [1.807, 2.05) is 0 Å². The molecule has 1 saturated heterocycles. The molecule has 16 heavy (non-hydrogen) atoms. The van der Waals surface area contributed by atoms with E-state index >= 15 is 0 Å². The summed E-state index contributed by atoms with van der Waals surface area (Å²) in [4.78, 5) is 0. The van der Waals surface area contributed by atoms with Gasteiger partial charge in [-0.25, -0.2) is 8.42 Å². The van der Waals surface area contributed by atoms with Gasteiger partial charge in [0.25, 0.3) is 0 Å². The first kappa shape index (κ1) is 12.4. The van der Waals surface area contributed by atoms with Gasteiger partial charge < -0.3 is 5.32 Å². The molecule has 4 heteroatoms. The molecule has 2 rings (SSSR count). The Labute approximate surface area is 98.9 Å². The van der Waals surface area contributed by atoms with Crippen LogP contribution >= 0.6 is 0 Å². The molecule has 0 aromatic carbocycles. The lowest BCUT2D eigenvalue weighted by atomic mass is 9.66. The average Bonchev–Trinajstić information content (AvgIpc) is 2.35. The lowest BCUT2D eigenvalue weighted by Crippen LogP contribution is -2.49. The fraction of sp³-hybridized carbons (Fsp3) is 1.00. The highest BCUT2D eigenvalue weighted by atomic mass is 32.2. The van der Waals surface area contributed by atoms with E-state index in [1.165, 1.54) is 12.8 Å². The van der Waals surface area contributed by atoms with Crippen molar-refractivity contribution in [3.05, 3.63) is 0 Å². The third kappa shape index (κ3) is 2.77. The van der Waals surface area contributed by atoms with Crippen LogP contribution in [0.15, 0.2) is 0 Å². The van der Waals surface area contributed by atoms with E-state index in [-0.39, 0.29) is 6.04 Å². The monoisotopic (exact) mass is 245 g/mol. The van der Waals surface area contributed by atoms with Crippen molar-refractivity contribution in [3.8, 4) is 0 Å². The average molecular weight is 245 g/mol. The minimum absolute atomic E-state index is 0.218. The maximum absolute atomic E-state index is 11.3. The van der Waals surface area contributed by atoms with Gasteiger partial charge in [-0.2, -0.15) is 0 Å². The predicted octanol–water partition coefficient (Wildman–Crippen LogP) is 1.59. The maximum Gasteiger partial charge on any atom is 0.151 e. The lowest BCUT2D eigenvalue weighted by Gasteiger charge is -2.45. The van der Waals surface area contributed by atoms with Crippen molar-refractivity contribution in [3.63, 3.8) is 0 Å². The first-order valence-corrected chi connectivity index (χ1v) is 8.05. The van der Waals surface area contributed by atoms with Gasteiger partial charge in [0.05, 0.1) is 11.5 Å². The van der Waals surface area contributed by atoms with E-state index in [9.17, 15) is 8.42 Å². The lowest BCUT2D eigenvalue weighted by molar-refractivity contribution is 0.0936. The number of nitrogens with one attached hydrogen (secondary N) is 1. The zero-order valence-electron chi connectivity index (χ0n) is 10.5. The quantitative estimate of drug-likeness (QED) is 0.803. The summed E-state index contributed by atoms with van der Waals surface area (Å²) in [6, 6.07) is 0.776. The molecule has 1 unspecified atom stereocenters. The van der Waals surface area contributed by atoms with Crippen LogP contribution < -0.4 is 5.32 Å². The van der Waals surface area contributed by atoms with Crippen molar-refractivity contribution in [1.29, 1.82) is 0 Å². The van der Waals surface area contributed by atoms with E-state index in [0.717, 1.165) is 12.3 Å². The Balaban J connectivity index is 1.75. The SMILES string of the molecule is CC(C)(C)C1CC(NC2CCS(=O)(=O)C2)C1. The molecular weight excluding hydrogens is 222 g/mol. The van der Waals surface area contributed by atoms with Gasteiger partial charge in [0, 0.05) is 12.1 Å². The second kappa shape index (κ2) is 3.98. The van der Waals surface area contributed by atoms with Crippen LogP contribution in [-0.4, -0.2) is 32.0 Å². The summed E-state index contributed by atoms with van der Waals surface area (Å²) in [5.41, 5.74) is 0.403. The van der Waals surface area contributed by atoms with Crippen LogP contribution in [0, 0.1) is 11.3 Å². The summed E-state index contributed by atoms with van der Waals surface area (Å²) < 4.78 is 22.6. The summed E-state index contributed by atoms with van der Waals surface area (Å²) >= 11 is 0. The molecule has 1 N–H and O–H groups in total. The molecule has 0 aromatic heterocycles. The Morgan fingerprint density at radius 1 is 1.12 bits per heavy atom. The summed E-state index contributed by atoms with van der Waals surface area (Å²) in [6.07, 6.45) is 3.22. The van der Waals surface area contributed by atoms with E-state index in [4.69, 9.17) is 0 Å². The largest absolute Gasteiger partial charge is 0.310 e. The molecule has 1 saturated carbocycles. The molecular formula is C12H23NO2S. The standard InChI is InChI=1S/C12H23NO2S/c1-12(2,3)9-6-11(7-9)13-10-4-5-16(14,15)8-10/h9-11,13H,4-8H2,1-3H3. The van der Waals surface area contributed by atoms with Gasteiger partial charge in [-0.15, -0.1) is 0 Å². The molecule has 1 atom stereocenters. The number of hydrogen-bond donors (Lipinski definition) is 1. The predicted molar refractivity (Wildman–Crippen MR) is 66.2 cm³/mol. The van der Waals surface area contributed by atoms with Gasteiger partial charge in [0.1, 0.15) is 0 Å². The Morgan fingerprint density at radius 2 is 1.75 bits per heavy atom. The fourth-order valence-electron chi connectivity index (χ4n) is 2.72. The molecule has 2 fully saturated rings. The normalized spacial score (nSPS) is 38.3. The molecule has 3 nitrogen and oxygen atoms in total. The third-order valence-corrected chi connectivity index (χ3v) is 5.83. The Bertz CT molecular complexity index is 350. The van der Waals surface area contributed by atoms with E-state index < -0.39 is 9.84 Å². The molecule has 1 aliphatic heterocycles. The maximum atomic E-state index is 11.3. The van der Waals surface area contributed by atoms with Gasteiger partial charge in [-0.1, -0.05) is 20.8 Å². The summed E-state index contributed by atoms with van der Waals surface area (Å²) in [5, 5.41) is 3.49. The van der Waals surface area contributed by atoms with Crippen LogP contribution in [0.2, 0.25) is 0 Å². The van der Waals surface area contributed by atoms with Crippen molar-refractivity contribution in [2.24, 2.45) is 11.3 Å². The number of rotatable bonds is 2. The van der Waals surface area contributed by atoms with Gasteiger partial charge in [-0.05, 0) is 30.6 Å². The molecule has 0 radical (unpaired) electrons. The van der Waals surface area contributed by atoms with Crippen LogP contribution in [0.3, 0.4) is 0 Å².